The highest BCUT2D eigenvalue weighted by atomic mass is 32.2. The van der Waals surface area contributed by atoms with Crippen LogP contribution >= 0.6 is 0 Å². The Hall–Kier alpha value is -0.170. The van der Waals surface area contributed by atoms with Crippen LogP contribution in [-0.4, -0.2) is 44.6 Å². The monoisotopic (exact) mass is 279 g/mol. The number of aliphatic hydroxyl groups excluding tert-OH is 1. The molecule has 0 bridgehead atoms. The highest BCUT2D eigenvalue weighted by Gasteiger charge is 2.36. The lowest BCUT2D eigenvalue weighted by atomic mass is 9.78. The minimum atomic E-state index is -3.38. The van der Waals surface area contributed by atoms with E-state index in [-0.39, 0.29) is 19.0 Å². The molecule has 0 aromatic heterocycles. The molecule has 1 fully saturated rings. The first kappa shape index (κ1) is 15.9. The topological polar surface area (TPSA) is 75.6 Å². The summed E-state index contributed by atoms with van der Waals surface area (Å²) in [7, 11) is -3.38. The molecule has 6 heteroatoms. The van der Waals surface area contributed by atoms with Crippen molar-refractivity contribution >= 4 is 10.0 Å². The van der Waals surface area contributed by atoms with E-state index in [2.05, 4.69) is 11.6 Å². The Morgan fingerprint density at radius 1 is 1.39 bits per heavy atom. The second-order valence-electron chi connectivity index (χ2n) is 5.24. The quantitative estimate of drug-likeness (QED) is 0.678. The first-order valence-electron chi connectivity index (χ1n) is 6.63. The zero-order valence-electron chi connectivity index (χ0n) is 11.3. The number of hydrogen-bond acceptors (Lipinski definition) is 4. The zero-order valence-corrected chi connectivity index (χ0v) is 12.1. The summed E-state index contributed by atoms with van der Waals surface area (Å²) in [6.07, 6.45) is 3.32. The van der Waals surface area contributed by atoms with Crippen molar-refractivity contribution in [2.75, 3.05) is 25.6 Å². The Balaban J connectivity index is 2.56. The van der Waals surface area contributed by atoms with Crippen molar-refractivity contribution in [3.05, 3.63) is 0 Å². The van der Waals surface area contributed by atoms with Crippen molar-refractivity contribution in [3.63, 3.8) is 0 Å². The Bertz CT molecular complexity index is 334. The normalized spacial score (nSPS) is 29.4. The third-order valence-electron chi connectivity index (χ3n) is 3.61. The molecule has 0 spiro atoms. The number of aliphatic hydroxyl groups is 1. The average molecular weight is 279 g/mol. The minimum absolute atomic E-state index is 0.0435. The van der Waals surface area contributed by atoms with Gasteiger partial charge in [0.15, 0.2) is 0 Å². The van der Waals surface area contributed by atoms with Crippen molar-refractivity contribution < 1.29 is 18.3 Å². The van der Waals surface area contributed by atoms with E-state index in [9.17, 15) is 13.5 Å². The first-order valence-corrected chi connectivity index (χ1v) is 8.28. The molecule has 2 N–H and O–H groups in total. The molecule has 18 heavy (non-hydrogen) atoms. The largest absolute Gasteiger partial charge is 0.394 e. The Morgan fingerprint density at radius 3 is 2.50 bits per heavy atom. The van der Waals surface area contributed by atoms with Gasteiger partial charge in [0.05, 0.1) is 24.5 Å². The van der Waals surface area contributed by atoms with E-state index in [1.54, 1.807) is 0 Å². The minimum Gasteiger partial charge on any atom is -0.394 e. The van der Waals surface area contributed by atoms with E-state index in [0.717, 1.165) is 12.8 Å². The van der Waals surface area contributed by atoms with Gasteiger partial charge >= 0.3 is 0 Å². The van der Waals surface area contributed by atoms with E-state index in [4.69, 9.17) is 4.74 Å². The maximum atomic E-state index is 11.9. The van der Waals surface area contributed by atoms with Crippen LogP contribution in [0.3, 0.4) is 0 Å². The van der Waals surface area contributed by atoms with E-state index >= 15 is 0 Å². The van der Waals surface area contributed by atoms with Crippen LogP contribution in [0.5, 0.6) is 0 Å². The maximum Gasteiger partial charge on any atom is 0.214 e. The van der Waals surface area contributed by atoms with Gasteiger partial charge in [-0.05, 0) is 38.5 Å². The number of ether oxygens (including phenoxy) is 1. The zero-order chi connectivity index (χ0) is 13.6. The van der Waals surface area contributed by atoms with Gasteiger partial charge < -0.3 is 9.84 Å². The smallest absolute Gasteiger partial charge is 0.214 e. The summed E-state index contributed by atoms with van der Waals surface area (Å²) in [5.41, 5.74) is -0.655. The van der Waals surface area contributed by atoms with Gasteiger partial charge in [0.2, 0.25) is 10.0 Å². The summed E-state index contributed by atoms with van der Waals surface area (Å²) in [6.45, 7) is 4.57. The van der Waals surface area contributed by atoms with Crippen molar-refractivity contribution in [3.8, 4) is 0 Å². The fourth-order valence-electron chi connectivity index (χ4n) is 2.30. The number of rotatable bonds is 7. The van der Waals surface area contributed by atoms with Crippen LogP contribution in [0.4, 0.5) is 0 Å². The highest BCUT2D eigenvalue weighted by molar-refractivity contribution is 7.89. The molecule has 0 saturated heterocycles. The van der Waals surface area contributed by atoms with Crippen LogP contribution in [0.2, 0.25) is 0 Å². The summed E-state index contributed by atoms with van der Waals surface area (Å²) >= 11 is 0. The summed E-state index contributed by atoms with van der Waals surface area (Å²) in [6, 6.07) is 0. The SMILES string of the molecule is CCOCCS(=O)(=O)NC1(CO)CCC(C)CC1. The molecule has 0 aliphatic heterocycles. The highest BCUT2D eigenvalue weighted by Crippen LogP contribution is 2.32. The van der Waals surface area contributed by atoms with Crippen LogP contribution in [0.25, 0.3) is 0 Å². The van der Waals surface area contributed by atoms with Gasteiger partial charge in [-0.1, -0.05) is 6.92 Å². The lowest BCUT2D eigenvalue weighted by Crippen LogP contribution is -2.54. The van der Waals surface area contributed by atoms with E-state index < -0.39 is 15.6 Å². The molecule has 1 rings (SSSR count). The van der Waals surface area contributed by atoms with E-state index in [1.807, 2.05) is 6.92 Å². The van der Waals surface area contributed by atoms with Gasteiger partial charge in [-0.2, -0.15) is 0 Å². The van der Waals surface area contributed by atoms with Gasteiger partial charge in [-0.3, -0.25) is 0 Å². The Morgan fingerprint density at radius 2 is 2.00 bits per heavy atom. The summed E-state index contributed by atoms with van der Waals surface area (Å²) in [5.74, 6) is 0.565. The molecule has 0 radical (unpaired) electrons. The van der Waals surface area contributed by atoms with Gasteiger partial charge in [0.25, 0.3) is 0 Å². The Labute approximate surface area is 110 Å². The predicted octanol–water partition coefficient (Wildman–Crippen LogP) is 0.883. The van der Waals surface area contributed by atoms with E-state index in [1.165, 1.54) is 0 Å². The second kappa shape index (κ2) is 6.84. The van der Waals surface area contributed by atoms with Gasteiger partial charge in [0, 0.05) is 6.61 Å². The average Bonchev–Trinajstić information content (AvgIpc) is 2.32. The fraction of sp³-hybridized carbons (Fsp3) is 1.00. The summed E-state index contributed by atoms with van der Waals surface area (Å²) in [4.78, 5) is 0. The fourth-order valence-corrected chi connectivity index (χ4v) is 3.67. The molecule has 0 heterocycles. The number of nitrogens with one attached hydrogen (secondary N) is 1. The van der Waals surface area contributed by atoms with Crippen LogP contribution in [0, 0.1) is 5.92 Å². The molecular formula is C12H25NO4S. The van der Waals surface area contributed by atoms with Gasteiger partial charge in [-0.25, -0.2) is 13.1 Å². The molecule has 1 saturated carbocycles. The second-order valence-corrected chi connectivity index (χ2v) is 7.08. The number of hydrogen-bond donors (Lipinski definition) is 2. The summed E-state index contributed by atoms with van der Waals surface area (Å²) in [5, 5.41) is 9.50. The van der Waals surface area contributed by atoms with E-state index in [0.29, 0.717) is 25.4 Å². The van der Waals surface area contributed by atoms with Gasteiger partial charge in [0.1, 0.15) is 0 Å². The Kier molecular flexibility index (Phi) is 6.04. The molecule has 0 unspecified atom stereocenters. The molecule has 5 nitrogen and oxygen atoms in total. The standard InChI is InChI=1S/C12H25NO4S/c1-3-17-8-9-18(15,16)13-12(10-14)6-4-11(2)5-7-12/h11,13-14H,3-10H2,1-2H3. The van der Waals surface area contributed by atoms with Gasteiger partial charge in [-0.15, -0.1) is 0 Å². The number of sulfonamides is 1. The first-order chi connectivity index (χ1) is 8.43. The lowest BCUT2D eigenvalue weighted by molar-refractivity contribution is 0.124. The molecule has 108 valence electrons. The van der Waals surface area contributed by atoms with Crippen LogP contribution in [-0.2, 0) is 14.8 Å². The molecule has 0 atom stereocenters. The van der Waals surface area contributed by atoms with Crippen molar-refractivity contribution in [1.29, 1.82) is 0 Å². The summed E-state index contributed by atoms with van der Waals surface area (Å²) < 4.78 is 31.6. The predicted molar refractivity (Wildman–Crippen MR) is 70.9 cm³/mol. The third kappa shape index (κ3) is 4.84. The van der Waals surface area contributed by atoms with Crippen molar-refractivity contribution in [2.45, 2.75) is 45.1 Å². The molecule has 1 aliphatic carbocycles. The molecule has 0 aromatic rings. The van der Waals surface area contributed by atoms with Crippen molar-refractivity contribution in [2.24, 2.45) is 5.92 Å². The van der Waals surface area contributed by atoms with Crippen molar-refractivity contribution in [1.82, 2.24) is 4.72 Å². The van der Waals surface area contributed by atoms with Crippen LogP contribution in [0.15, 0.2) is 0 Å². The maximum absolute atomic E-state index is 11.9. The third-order valence-corrected chi connectivity index (χ3v) is 5.05. The van der Waals surface area contributed by atoms with Crippen LogP contribution in [0.1, 0.15) is 39.5 Å². The molecule has 1 aliphatic rings. The molecule has 0 amide bonds. The molecule has 0 aromatic carbocycles. The van der Waals surface area contributed by atoms with Crippen LogP contribution < -0.4 is 4.72 Å². The lowest BCUT2D eigenvalue weighted by Gasteiger charge is -2.38. The molecular weight excluding hydrogens is 254 g/mol.